The standard InChI is InChI=1S/C25H20N4O3.C2H6/c1-28-22-20(12-13-26-23(22)29(2)25(28)31)32-21-15-18(14-17-10-6-7-11-19(17)21)27-24(30)16-8-4-3-5-9-16;1-2/h3-15H,1-2H3,(H,27,30);1-2H3. The molecular formula is C27H26N4O3. The van der Waals surface area contributed by atoms with Gasteiger partial charge in [-0.05, 0) is 23.6 Å². The van der Waals surface area contributed by atoms with E-state index in [9.17, 15) is 9.59 Å². The summed E-state index contributed by atoms with van der Waals surface area (Å²) < 4.78 is 9.32. The number of carbonyl (C=O) groups excluding carboxylic acids is 1. The number of ether oxygens (including phenoxy) is 1. The lowest BCUT2D eigenvalue weighted by molar-refractivity contribution is 0.102. The number of imidazole rings is 1. The number of anilines is 1. The average molecular weight is 455 g/mol. The van der Waals surface area contributed by atoms with Crippen molar-refractivity contribution < 1.29 is 9.53 Å². The SMILES string of the molecule is CC.Cn1c(=O)n(C)c2c(Oc3cc(NC(=O)c4ccccc4)cc4ccccc34)ccnc21. The van der Waals surface area contributed by atoms with Gasteiger partial charge < -0.3 is 10.1 Å². The summed E-state index contributed by atoms with van der Waals surface area (Å²) in [5.74, 6) is 0.866. The van der Waals surface area contributed by atoms with Gasteiger partial charge in [0.25, 0.3) is 5.91 Å². The molecule has 0 aliphatic carbocycles. The number of rotatable bonds is 4. The minimum absolute atomic E-state index is 0.183. The molecule has 0 aliphatic heterocycles. The van der Waals surface area contributed by atoms with Crippen molar-refractivity contribution in [3.05, 3.63) is 95.0 Å². The van der Waals surface area contributed by atoms with Gasteiger partial charge in [-0.3, -0.25) is 13.9 Å². The maximum atomic E-state index is 12.7. The zero-order valence-corrected chi connectivity index (χ0v) is 19.6. The smallest absolute Gasteiger partial charge is 0.329 e. The largest absolute Gasteiger partial charge is 0.454 e. The van der Waals surface area contributed by atoms with Crippen LogP contribution in [0.5, 0.6) is 11.5 Å². The summed E-state index contributed by atoms with van der Waals surface area (Å²) in [5, 5.41) is 4.75. The summed E-state index contributed by atoms with van der Waals surface area (Å²) in [4.78, 5) is 29.4. The third-order valence-electron chi connectivity index (χ3n) is 5.43. The first-order chi connectivity index (χ1) is 16.5. The Kier molecular flexibility index (Phi) is 6.45. The molecule has 0 bridgehead atoms. The fourth-order valence-corrected chi connectivity index (χ4v) is 3.82. The minimum Gasteiger partial charge on any atom is -0.454 e. The molecule has 0 spiro atoms. The topological polar surface area (TPSA) is 78.1 Å². The molecule has 0 radical (unpaired) electrons. The molecule has 0 saturated carbocycles. The Balaban J connectivity index is 0.00000133. The molecule has 172 valence electrons. The van der Waals surface area contributed by atoms with Crippen LogP contribution >= 0.6 is 0 Å². The van der Waals surface area contributed by atoms with Crippen molar-refractivity contribution >= 4 is 33.5 Å². The number of aryl methyl sites for hydroxylation is 2. The lowest BCUT2D eigenvalue weighted by atomic mass is 10.1. The summed E-state index contributed by atoms with van der Waals surface area (Å²) in [7, 11) is 3.37. The molecule has 7 heteroatoms. The zero-order valence-electron chi connectivity index (χ0n) is 19.6. The van der Waals surface area contributed by atoms with Crippen LogP contribution in [0, 0.1) is 0 Å². The van der Waals surface area contributed by atoms with Crippen LogP contribution in [0.25, 0.3) is 21.9 Å². The molecule has 5 rings (SSSR count). The predicted molar refractivity (Wildman–Crippen MR) is 136 cm³/mol. The first-order valence-electron chi connectivity index (χ1n) is 11.1. The number of amides is 1. The van der Waals surface area contributed by atoms with E-state index in [1.165, 1.54) is 9.13 Å². The Morgan fingerprint density at radius 2 is 1.59 bits per heavy atom. The highest BCUT2D eigenvalue weighted by Gasteiger charge is 2.16. The number of nitrogens with zero attached hydrogens (tertiary/aromatic N) is 3. The summed E-state index contributed by atoms with van der Waals surface area (Å²) in [6.07, 6.45) is 1.61. The highest BCUT2D eigenvalue weighted by atomic mass is 16.5. The number of carbonyl (C=O) groups is 1. The Bertz CT molecular complexity index is 1530. The number of aromatic nitrogens is 3. The van der Waals surface area contributed by atoms with Gasteiger partial charge in [-0.1, -0.05) is 56.3 Å². The zero-order chi connectivity index (χ0) is 24.2. The average Bonchev–Trinajstić information content (AvgIpc) is 3.10. The van der Waals surface area contributed by atoms with Gasteiger partial charge in [0.05, 0.1) is 0 Å². The predicted octanol–water partition coefficient (Wildman–Crippen LogP) is 5.50. The second-order valence-corrected chi connectivity index (χ2v) is 7.50. The normalized spacial score (nSPS) is 10.6. The third kappa shape index (κ3) is 4.15. The van der Waals surface area contributed by atoms with Crippen molar-refractivity contribution in [2.75, 3.05) is 5.32 Å². The number of hydrogen-bond acceptors (Lipinski definition) is 4. The summed E-state index contributed by atoms with van der Waals surface area (Å²) in [5.41, 5.74) is 2.13. The van der Waals surface area contributed by atoms with Gasteiger partial charge in [0.15, 0.2) is 11.4 Å². The van der Waals surface area contributed by atoms with Crippen LogP contribution in [0.3, 0.4) is 0 Å². The molecule has 3 aromatic carbocycles. The van der Waals surface area contributed by atoms with Crippen LogP contribution in [0.1, 0.15) is 24.2 Å². The Morgan fingerprint density at radius 3 is 2.35 bits per heavy atom. The fourth-order valence-electron chi connectivity index (χ4n) is 3.82. The van der Waals surface area contributed by atoms with Crippen LogP contribution in [-0.2, 0) is 14.1 Å². The lowest BCUT2D eigenvalue weighted by Crippen LogP contribution is -2.19. The van der Waals surface area contributed by atoms with Gasteiger partial charge in [-0.2, -0.15) is 0 Å². The highest BCUT2D eigenvalue weighted by Crippen LogP contribution is 2.35. The molecule has 34 heavy (non-hydrogen) atoms. The molecule has 0 saturated heterocycles. The molecular weight excluding hydrogens is 428 g/mol. The van der Waals surface area contributed by atoms with Crippen LogP contribution in [0.2, 0.25) is 0 Å². The minimum atomic E-state index is -0.205. The van der Waals surface area contributed by atoms with Gasteiger partial charge in [0.2, 0.25) is 0 Å². The number of fused-ring (bicyclic) bond motifs is 2. The van der Waals surface area contributed by atoms with Gasteiger partial charge in [-0.15, -0.1) is 0 Å². The van der Waals surface area contributed by atoms with E-state index in [4.69, 9.17) is 4.74 Å². The maximum absolute atomic E-state index is 12.7. The molecule has 0 unspecified atom stereocenters. The first kappa shape index (κ1) is 22.8. The molecule has 5 aromatic rings. The highest BCUT2D eigenvalue weighted by molar-refractivity contribution is 6.06. The second-order valence-electron chi connectivity index (χ2n) is 7.50. The monoisotopic (exact) mass is 454 g/mol. The van der Waals surface area contributed by atoms with E-state index in [2.05, 4.69) is 10.3 Å². The molecule has 0 aliphatic rings. The molecule has 0 atom stereocenters. The van der Waals surface area contributed by atoms with E-state index in [1.54, 1.807) is 44.6 Å². The number of nitrogens with one attached hydrogen (secondary N) is 1. The van der Waals surface area contributed by atoms with Crippen LogP contribution in [0.15, 0.2) is 83.8 Å². The van der Waals surface area contributed by atoms with Crippen molar-refractivity contribution in [1.82, 2.24) is 14.1 Å². The number of pyridine rings is 1. The molecule has 1 amide bonds. The lowest BCUT2D eigenvalue weighted by Gasteiger charge is -2.13. The summed E-state index contributed by atoms with van der Waals surface area (Å²) >= 11 is 0. The molecule has 1 N–H and O–H groups in total. The van der Waals surface area contributed by atoms with Crippen LogP contribution < -0.4 is 15.7 Å². The van der Waals surface area contributed by atoms with E-state index in [-0.39, 0.29) is 11.6 Å². The van der Waals surface area contributed by atoms with Crippen LogP contribution in [0.4, 0.5) is 5.69 Å². The maximum Gasteiger partial charge on any atom is 0.329 e. The van der Waals surface area contributed by atoms with Gasteiger partial charge in [0.1, 0.15) is 11.3 Å². The van der Waals surface area contributed by atoms with Gasteiger partial charge >= 0.3 is 5.69 Å². The third-order valence-corrected chi connectivity index (χ3v) is 5.43. The summed E-state index contributed by atoms with van der Waals surface area (Å²) in [6, 6.07) is 22.2. The van der Waals surface area contributed by atoms with Crippen molar-refractivity contribution in [3.63, 3.8) is 0 Å². The number of benzene rings is 3. The summed E-state index contributed by atoms with van der Waals surface area (Å²) in [6.45, 7) is 4.00. The Hall–Kier alpha value is -4.39. The van der Waals surface area contributed by atoms with Crippen LogP contribution in [-0.4, -0.2) is 20.0 Å². The molecule has 0 fully saturated rings. The quantitative estimate of drug-likeness (QED) is 0.389. The Labute approximate surface area is 197 Å². The van der Waals surface area contributed by atoms with Crippen molar-refractivity contribution in [1.29, 1.82) is 0 Å². The van der Waals surface area contributed by atoms with Gasteiger partial charge in [0, 0.05) is 49.1 Å². The molecule has 2 heterocycles. The van der Waals surface area contributed by atoms with Gasteiger partial charge in [-0.25, -0.2) is 9.78 Å². The second kappa shape index (κ2) is 9.62. The van der Waals surface area contributed by atoms with E-state index < -0.39 is 0 Å². The number of hydrogen-bond donors (Lipinski definition) is 1. The van der Waals surface area contributed by atoms with E-state index in [0.29, 0.717) is 33.9 Å². The van der Waals surface area contributed by atoms with Crippen molar-refractivity contribution in [2.45, 2.75) is 13.8 Å². The van der Waals surface area contributed by atoms with Crippen molar-refractivity contribution in [3.8, 4) is 11.5 Å². The Morgan fingerprint density at radius 1 is 0.882 bits per heavy atom. The van der Waals surface area contributed by atoms with E-state index >= 15 is 0 Å². The molecule has 2 aromatic heterocycles. The first-order valence-corrected chi connectivity index (χ1v) is 11.1. The molecule has 7 nitrogen and oxygen atoms in total. The fraction of sp³-hybridized carbons (Fsp3) is 0.148. The van der Waals surface area contributed by atoms with E-state index in [1.807, 2.05) is 62.4 Å². The van der Waals surface area contributed by atoms with Crippen molar-refractivity contribution in [2.24, 2.45) is 14.1 Å². The van der Waals surface area contributed by atoms with E-state index in [0.717, 1.165) is 10.8 Å².